The summed E-state index contributed by atoms with van der Waals surface area (Å²) in [7, 11) is 0.103. The molecule has 4 heteroatoms. The summed E-state index contributed by atoms with van der Waals surface area (Å²) in [6.45, 7) is 6.99. The van der Waals surface area contributed by atoms with E-state index in [9.17, 15) is 4.57 Å². The molecule has 0 unspecified atom stereocenters. The van der Waals surface area contributed by atoms with Crippen LogP contribution in [0.2, 0.25) is 0 Å². The van der Waals surface area contributed by atoms with Gasteiger partial charge >= 0.3 is 7.60 Å². The van der Waals surface area contributed by atoms with Gasteiger partial charge in [-0.15, -0.1) is 0 Å². The summed E-state index contributed by atoms with van der Waals surface area (Å²) >= 11 is 0. The van der Waals surface area contributed by atoms with Crippen molar-refractivity contribution in [1.29, 1.82) is 0 Å². The fourth-order valence-corrected chi connectivity index (χ4v) is 6.11. The summed E-state index contributed by atoms with van der Waals surface area (Å²) in [5.74, 6) is 1.22. The molecule has 2 saturated carbocycles. The van der Waals surface area contributed by atoms with Crippen LogP contribution in [0.15, 0.2) is 0 Å². The molecule has 0 aromatic carbocycles. The van der Waals surface area contributed by atoms with Gasteiger partial charge in [-0.25, -0.2) is 0 Å². The predicted octanol–water partition coefficient (Wildman–Crippen LogP) is 3.93. The van der Waals surface area contributed by atoms with Crippen molar-refractivity contribution in [2.45, 2.75) is 40.0 Å². The lowest BCUT2D eigenvalue weighted by Gasteiger charge is -2.43. The molecule has 0 heterocycles. The summed E-state index contributed by atoms with van der Waals surface area (Å²) in [4.78, 5) is 0. The van der Waals surface area contributed by atoms with Crippen LogP contribution in [0.25, 0.3) is 0 Å². The van der Waals surface area contributed by atoms with Crippen molar-refractivity contribution in [2.75, 3.05) is 20.4 Å². The van der Waals surface area contributed by atoms with Crippen LogP contribution >= 0.6 is 7.60 Å². The molecule has 100 valence electrons. The van der Waals surface area contributed by atoms with Crippen LogP contribution in [0, 0.1) is 22.7 Å². The van der Waals surface area contributed by atoms with Gasteiger partial charge in [-0.2, -0.15) is 0 Å². The Hall–Kier alpha value is 0.150. The highest BCUT2D eigenvalue weighted by atomic mass is 31.2. The van der Waals surface area contributed by atoms with Crippen molar-refractivity contribution in [2.24, 2.45) is 22.7 Å². The molecule has 0 aromatic rings. The zero-order valence-corrected chi connectivity index (χ0v) is 12.5. The van der Waals surface area contributed by atoms with E-state index in [2.05, 4.69) is 20.8 Å². The average molecular weight is 260 g/mol. The van der Waals surface area contributed by atoms with E-state index in [1.165, 1.54) is 33.5 Å². The standard InChI is InChI=1S/C13H25O3P/c1-12(2)10-6-7-13(3,8-10)11(12)9-17(14,15-4)16-5/h10-11H,6-9H2,1-5H3/t10-,11-,13+/m1/s1. The Morgan fingerprint density at radius 2 is 1.82 bits per heavy atom. The quantitative estimate of drug-likeness (QED) is 0.718. The van der Waals surface area contributed by atoms with Crippen molar-refractivity contribution in [3.8, 4) is 0 Å². The molecule has 0 aliphatic heterocycles. The van der Waals surface area contributed by atoms with Gasteiger partial charge in [-0.3, -0.25) is 4.57 Å². The number of rotatable bonds is 4. The Morgan fingerprint density at radius 1 is 1.24 bits per heavy atom. The zero-order chi connectivity index (χ0) is 12.9. The van der Waals surface area contributed by atoms with Gasteiger partial charge in [0.1, 0.15) is 0 Å². The van der Waals surface area contributed by atoms with Crippen molar-refractivity contribution >= 4 is 7.60 Å². The molecule has 0 aromatic heterocycles. The van der Waals surface area contributed by atoms with Gasteiger partial charge in [0.2, 0.25) is 0 Å². The number of fused-ring (bicyclic) bond motifs is 2. The van der Waals surface area contributed by atoms with E-state index in [1.54, 1.807) is 0 Å². The minimum absolute atomic E-state index is 0.264. The topological polar surface area (TPSA) is 35.5 Å². The highest BCUT2D eigenvalue weighted by Crippen LogP contribution is 2.69. The fourth-order valence-electron chi connectivity index (χ4n) is 4.31. The van der Waals surface area contributed by atoms with Crippen molar-refractivity contribution in [3.63, 3.8) is 0 Å². The molecule has 3 nitrogen and oxygen atoms in total. The molecule has 0 spiro atoms. The SMILES string of the molecule is COP(=O)(C[C@@H]1C(C)(C)[C@@H]2CC[C@@]1(C)C2)OC. The van der Waals surface area contributed by atoms with Gasteiger partial charge < -0.3 is 9.05 Å². The minimum Gasteiger partial charge on any atom is -0.312 e. The monoisotopic (exact) mass is 260 g/mol. The molecule has 2 aliphatic carbocycles. The maximum atomic E-state index is 12.4. The summed E-state index contributed by atoms with van der Waals surface area (Å²) < 4.78 is 22.6. The molecular weight excluding hydrogens is 235 g/mol. The second-order valence-corrected chi connectivity index (χ2v) is 8.94. The third kappa shape index (κ3) is 2.01. The fraction of sp³-hybridized carbons (Fsp3) is 1.00. The van der Waals surface area contributed by atoms with Crippen LogP contribution in [0.4, 0.5) is 0 Å². The third-order valence-corrected chi connectivity index (χ3v) is 7.46. The Morgan fingerprint density at radius 3 is 2.24 bits per heavy atom. The molecule has 2 fully saturated rings. The first-order valence-electron chi connectivity index (χ1n) is 6.48. The van der Waals surface area contributed by atoms with Gasteiger partial charge in [-0.05, 0) is 41.9 Å². The lowest BCUT2D eigenvalue weighted by Crippen LogP contribution is -2.37. The van der Waals surface area contributed by atoms with Gasteiger partial charge in [-0.1, -0.05) is 20.8 Å². The Labute approximate surface area is 105 Å². The van der Waals surface area contributed by atoms with Crippen LogP contribution in [-0.4, -0.2) is 20.4 Å². The molecule has 0 radical (unpaired) electrons. The van der Waals surface area contributed by atoms with Gasteiger partial charge in [0.25, 0.3) is 0 Å². The van der Waals surface area contributed by atoms with E-state index < -0.39 is 7.60 Å². The van der Waals surface area contributed by atoms with E-state index in [0.717, 1.165) is 5.92 Å². The van der Waals surface area contributed by atoms with Gasteiger partial charge in [0.05, 0.1) is 6.16 Å². The van der Waals surface area contributed by atoms with E-state index in [0.29, 0.717) is 17.5 Å². The first kappa shape index (κ1) is 13.6. The maximum Gasteiger partial charge on any atom is 0.330 e. The first-order chi connectivity index (χ1) is 7.77. The lowest BCUT2D eigenvalue weighted by molar-refractivity contribution is 0.0860. The van der Waals surface area contributed by atoms with Crippen LogP contribution < -0.4 is 0 Å². The first-order valence-corrected chi connectivity index (χ1v) is 8.21. The number of hydrogen-bond acceptors (Lipinski definition) is 3. The molecule has 2 aliphatic rings. The summed E-state index contributed by atoms with van der Waals surface area (Å²) in [6.07, 6.45) is 4.43. The second kappa shape index (κ2) is 4.08. The smallest absolute Gasteiger partial charge is 0.312 e. The third-order valence-electron chi connectivity index (χ3n) is 5.53. The Bertz CT molecular complexity index is 340. The second-order valence-electron chi connectivity index (χ2n) is 6.63. The summed E-state index contributed by atoms with van der Waals surface area (Å²) in [5.41, 5.74) is 0.598. The molecule has 2 rings (SSSR count). The maximum absolute atomic E-state index is 12.4. The largest absolute Gasteiger partial charge is 0.330 e. The van der Waals surface area contributed by atoms with Crippen LogP contribution in [0.3, 0.4) is 0 Å². The van der Waals surface area contributed by atoms with Crippen molar-refractivity contribution in [1.82, 2.24) is 0 Å². The number of hydrogen-bond donors (Lipinski definition) is 0. The van der Waals surface area contributed by atoms with Crippen LogP contribution in [0.5, 0.6) is 0 Å². The van der Waals surface area contributed by atoms with E-state index in [-0.39, 0.29) is 5.41 Å². The van der Waals surface area contributed by atoms with Crippen molar-refractivity contribution in [3.05, 3.63) is 0 Å². The molecule has 0 saturated heterocycles. The molecule has 17 heavy (non-hydrogen) atoms. The highest BCUT2D eigenvalue weighted by Gasteiger charge is 2.60. The van der Waals surface area contributed by atoms with Crippen LogP contribution in [-0.2, 0) is 13.6 Å². The summed E-state index contributed by atoms with van der Waals surface area (Å²) in [5, 5.41) is 0. The molecule has 0 amide bonds. The molecular formula is C13H25O3P. The molecule has 2 bridgehead atoms. The van der Waals surface area contributed by atoms with Crippen LogP contribution in [0.1, 0.15) is 40.0 Å². The average Bonchev–Trinajstić information content (AvgIpc) is 2.75. The van der Waals surface area contributed by atoms with E-state index >= 15 is 0 Å². The van der Waals surface area contributed by atoms with Gasteiger partial charge in [0.15, 0.2) is 0 Å². The molecule has 3 atom stereocenters. The predicted molar refractivity (Wildman–Crippen MR) is 69.2 cm³/mol. The van der Waals surface area contributed by atoms with Gasteiger partial charge in [0, 0.05) is 14.2 Å². The minimum atomic E-state index is -2.88. The van der Waals surface area contributed by atoms with Crippen molar-refractivity contribution < 1.29 is 13.6 Å². The van der Waals surface area contributed by atoms with E-state index in [1.807, 2.05) is 0 Å². The van der Waals surface area contributed by atoms with E-state index in [4.69, 9.17) is 9.05 Å². The highest BCUT2D eigenvalue weighted by molar-refractivity contribution is 7.53. The Balaban J connectivity index is 2.23. The normalized spacial score (nSPS) is 39.8. The summed E-state index contributed by atoms with van der Waals surface area (Å²) in [6, 6.07) is 0. The molecule has 0 N–H and O–H groups in total. The zero-order valence-electron chi connectivity index (χ0n) is 11.7. The Kier molecular flexibility index (Phi) is 3.26. The lowest BCUT2D eigenvalue weighted by atomic mass is 9.65.